The number of carbonyl (C=O) groups is 2. The van der Waals surface area contributed by atoms with Gasteiger partial charge in [0.25, 0.3) is 5.91 Å². The largest absolute Gasteiger partial charge is 0.484 e. The molecular weight excluding hydrogens is 503 g/mol. The lowest BCUT2D eigenvalue weighted by Gasteiger charge is -2.29. The van der Waals surface area contributed by atoms with Gasteiger partial charge in [0.15, 0.2) is 6.61 Å². The van der Waals surface area contributed by atoms with E-state index in [1.165, 1.54) is 4.90 Å². The molecule has 2 rings (SSSR count). The third kappa shape index (κ3) is 7.85. The molecule has 0 unspecified atom stereocenters. The highest BCUT2D eigenvalue weighted by molar-refractivity contribution is 14.1. The summed E-state index contributed by atoms with van der Waals surface area (Å²) in [5.74, 6) is 0.477. The second kappa shape index (κ2) is 11.4. The van der Waals surface area contributed by atoms with E-state index in [0.29, 0.717) is 23.2 Å². The molecule has 0 saturated carbocycles. The lowest BCUT2D eigenvalue weighted by molar-refractivity contribution is -0.142. The summed E-state index contributed by atoms with van der Waals surface area (Å²) in [7, 11) is 0. The number of amides is 2. The molecule has 0 aromatic heterocycles. The number of benzene rings is 2. The van der Waals surface area contributed by atoms with Crippen molar-refractivity contribution in [2.75, 3.05) is 13.2 Å². The standard InChI is InChI=1S/C22H26ClIN2O3/c1-15(2)12-25-22(28)16(3)26(13-17-5-4-6-18(23)11-17)21(27)14-29-20-9-7-19(24)8-10-20/h4-11,15-16H,12-14H2,1-3H3,(H,25,28)/t16-/m1/s1. The molecular formula is C22H26ClIN2O3. The lowest BCUT2D eigenvalue weighted by Crippen LogP contribution is -2.49. The van der Waals surface area contributed by atoms with Crippen molar-refractivity contribution in [2.45, 2.75) is 33.4 Å². The number of ether oxygens (including phenoxy) is 1. The summed E-state index contributed by atoms with van der Waals surface area (Å²) in [4.78, 5) is 27.1. The van der Waals surface area contributed by atoms with Gasteiger partial charge >= 0.3 is 0 Å². The van der Waals surface area contributed by atoms with Gasteiger partial charge in [-0.25, -0.2) is 0 Å². The molecule has 2 aromatic rings. The Labute approximate surface area is 190 Å². The van der Waals surface area contributed by atoms with Gasteiger partial charge < -0.3 is 15.0 Å². The number of nitrogens with zero attached hydrogens (tertiary/aromatic N) is 1. The molecule has 0 heterocycles. The second-order valence-corrected chi connectivity index (χ2v) is 8.89. The van der Waals surface area contributed by atoms with Gasteiger partial charge in [0, 0.05) is 21.7 Å². The van der Waals surface area contributed by atoms with Crippen LogP contribution in [0.15, 0.2) is 48.5 Å². The first kappa shape index (κ1) is 23.5. The molecule has 0 saturated heterocycles. The van der Waals surface area contributed by atoms with E-state index >= 15 is 0 Å². The van der Waals surface area contributed by atoms with E-state index in [1.54, 1.807) is 19.1 Å². The van der Waals surface area contributed by atoms with E-state index in [9.17, 15) is 9.59 Å². The summed E-state index contributed by atoms with van der Waals surface area (Å²) in [6.07, 6.45) is 0. The maximum absolute atomic E-state index is 12.9. The van der Waals surface area contributed by atoms with E-state index in [4.69, 9.17) is 16.3 Å². The minimum atomic E-state index is -0.638. The third-order valence-corrected chi connectivity index (χ3v) is 5.22. The fourth-order valence-electron chi connectivity index (χ4n) is 2.63. The van der Waals surface area contributed by atoms with Crippen molar-refractivity contribution in [1.29, 1.82) is 0 Å². The molecule has 156 valence electrons. The summed E-state index contributed by atoms with van der Waals surface area (Å²) in [6, 6.07) is 14.1. The van der Waals surface area contributed by atoms with Gasteiger partial charge in [-0.1, -0.05) is 37.6 Å². The Kier molecular flexibility index (Phi) is 9.23. The normalized spacial score (nSPS) is 11.8. The summed E-state index contributed by atoms with van der Waals surface area (Å²) >= 11 is 8.29. The predicted octanol–water partition coefficient (Wildman–Crippen LogP) is 4.51. The van der Waals surface area contributed by atoms with E-state index in [1.807, 2.05) is 50.2 Å². The van der Waals surface area contributed by atoms with Crippen LogP contribution < -0.4 is 10.1 Å². The van der Waals surface area contributed by atoms with Crippen molar-refractivity contribution < 1.29 is 14.3 Å². The Balaban J connectivity index is 2.12. The Morgan fingerprint density at radius 3 is 2.45 bits per heavy atom. The first-order valence-electron chi connectivity index (χ1n) is 9.46. The molecule has 0 spiro atoms. The molecule has 0 radical (unpaired) electrons. The topological polar surface area (TPSA) is 58.6 Å². The maximum atomic E-state index is 12.9. The molecule has 0 fully saturated rings. The highest BCUT2D eigenvalue weighted by atomic mass is 127. The number of rotatable bonds is 9. The number of nitrogens with one attached hydrogen (secondary N) is 1. The Morgan fingerprint density at radius 1 is 1.14 bits per heavy atom. The van der Waals surface area contributed by atoms with Gasteiger partial charge in [-0.15, -0.1) is 0 Å². The highest BCUT2D eigenvalue weighted by Gasteiger charge is 2.26. The van der Waals surface area contributed by atoms with Crippen LogP contribution in [-0.4, -0.2) is 35.9 Å². The molecule has 29 heavy (non-hydrogen) atoms. The molecule has 2 amide bonds. The molecule has 1 atom stereocenters. The summed E-state index contributed by atoms with van der Waals surface area (Å²) in [5.41, 5.74) is 0.851. The van der Waals surface area contributed by atoms with Crippen LogP contribution in [0.2, 0.25) is 5.02 Å². The van der Waals surface area contributed by atoms with E-state index in [0.717, 1.165) is 9.13 Å². The van der Waals surface area contributed by atoms with Crippen LogP contribution in [-0.2, 0) is 16.1 Å². The zero-order chi connectivity index (χ0) is 21.4. The molecule has 1 N–H and O–H groups in total. The smallest absolute Gasteiger partial charge is 0.261 e. The van der Waals surface area contributed by atoms with Crippen molar-refractivity contribution in [3.63, 3.8) is 0 Å². The first-order valence-corrected chi connectivity index (χ1v) is 10.9. The first-order chi connectivity index (χ1) is 13.8. The maximum Gasteiger partial charge on any atom is 0.261 e. The van der Waals surface area contributed by atoms with Gasteiger partial charge in [-0.05, 0) is 77.4 Å². The zero-order valence-electron chi connectivity index (χ0n) is 16.8. The quantitative estimate of drug-likeness (QED) is 0.487. The summed E-state index contributed by atoms with van der Waals surface area (Å²) in [6.45, 7) is 6.45. The fraction of sp³-hybridized carbons (Fsp3) is 0.364. The van der Waals surface area contributed by atoms with E-state index < -0.39 is 6.04 Å². The molecule has 0 bridgehead atoms. The molecule has 0 aliphatic carbocycles. The number of hydrogen-bond donors (Lipinski definition) is 1. The Bertz CT molecular complexity index is 827. The number of halogens is 2. The van der Waals surface area contributed by atoms with Crippen molar-refractivity contribution in [1.82, 2.24) is 10.2 Å². The molecule has 7 heteroatoms. The Hall–Kier alpha value is -1.80. The van der Waals surface area contributed by atoms with Crippen LogP contribution in [0, 0.1) is 9.49 Å². The predicted molar refractivity (Wildman–Crippen MR) is 124 cm³/mol. The van der Waals surface area contributed by atoms with Crippen LogP contribution >= 0.6 is 34.2 Å². The molecule has 0 aliphatic rings. The monoisotopic (exact) mass is 528 g/mol. The van der Waals surface area contributed by atoms with Crippen molar-refractivity contribution in [3.05, 3.63) is 62.7 Å². The van der Waals surface area contributed by atoms with Crippen molar-refractivity contribution >= 4 is 46.0 Å². The Morgan fingerprint density at radius 2 is 1.83 bits per heavy atom. The fourth-order valence-corrected chi connectivity index (χ4v) is 3.20. The molecule has 5 nitrogen and oxygen atoms in total. The minimum absolute atomic E-state index is 0.150. The van der Waals surface area contributed by atoms with Crippen LogP contribution in [0.4, 0.5) is 0 Å². The van der Waals surface area contributed by atoms with Gasteiger partial charge in [-0.3, -0.25) is 9.59 Å². The summed E-state index contributed by atoms with van der Waals surface area (Å²) in [5, 5.41) is 3.48. The van der Waals surface area contributed by atoms with Crippen molar-refractivity contribution in [3.8, 4) is 5.75 Å². The average Bonchev–Trinajstić information content (AvgIpc) is 2.69. The lowest BCUT2D eigenvalue weighted by atomic mass is 10.1. The van der Waals surface area contributed by atoms with Gasteiger partial charge in [0.2, 0.25) is 5.91 Å². The van der Waals surface area contributed by atoms with Gasteiger partial charge in [0.05, 0.1) is 0 Å². The van der Waals surface area contributed by atoms with Crippen molar-refractivity contribution in [2.24, 2.45) is 5.92 Å². The van der Waals surface area contributed by atoms with E-state index in [-0.39, 0.29) is 25.0 Å². The minimum Gasteiger partial charge on any atom is -0.484 e. The van der Waals surface area contributed by atoms with Crippen LogP contribution in [0.1, 0.15) is 26.3 Å². The highest BCUT2D eigenvalue weighted by Crippen LogP contribution is 2.17. The second-order valence-electron chi connectivity index (χ2n) is 7.21. The average molecular weight is 529 g/mol. The van der Waals surface area contributed by atoms with Crippen LogP contribution in [0.25, 0.3) is 0 Å². The van der Waals surface area contributed by atoms with Crippen LogP contribution in [0.3, 0.4) is 0 Å². The number of hydrogen-bond acceptors (Lipinski definition) is 3. The zero-order valence-corrected chi connectivity index (χ0v) is 19.7. The third-order valence-electron chi connectivity index (χ3n) is 4.27. The number of carbonyl (C=O) groups excluding carboxylic acids is 2. The molecule has 2 aromatic carbocycles. The summed E-state index contributed by atoms with van der Waals surface area (Å²) < 4.78 is 6.72. The van der Waals surface area contributed by atoms with Gasteiger partial charge in [0.1, 0.15) is 11.8 Å². The van der Waals surface area contributed by atoms with Crippen LogP contribution in [0.5, 0.6) is 5.75 Å². The van der Waals surface area contributed by atoms with Gasteiger partial charge in [-0.2, -0.15) is 0 Å². The van der Waals surface area contributed by atoms with E-state index in [2.05, 4.69) is 27.9 Å². The SMILES string of the molecule is CC(C)CNC(=O)[C@@H](C)N(Cc1cccc(Cl)c1)C(=O)COc1ccc(I)cc1. The molecule has 0 aliphatic heterocycles.